The van der Waals surface area contributed by atoms with Crippen LogP contribution >= 0.6 is 11.6 Å². The lowest BCUT2D eigenvalue weighted by atomic mass is 9.83. The Hall–Kier alpha value is 0.250. The monoisotopic (exact) mass is 150 g/mol. The van der Waals surface area contributed by atoms with Crippen LogP contribution in [0.1, 0.15) is 20.8 Å². The topological polar surface area (TPSA) is 20.2 Å². The molecule has 0 saturated heterocycles. The summed E-state index contributed by atoms with van der Waals surface area (Å²) in [7, 11) is 0. The van der Waals surface area contributed by atoms with Gasteiger partial charge in [-0.25, -0.2) is 0 Å². The van der Waals surface area contributed by atoms with Crippen LogP contribution in [0.3, 0.4) is 0 Å². The zero-order chi connectivity index (χ0) is 7.49. The Morgan fingerprint density at radius 3 is 1.89 bits per heavy atom. The van der Waals surface area contributed by atoms with Gasteiger partial charge in [-0.15, -0.1) is 11.6 Å². The van der Waals surface area contributed by atoms with Crippen LogP contribution in [0.15, 0.2) is 0 Å². The largest absolute Gasteiger partial charge is 0.396 e. The minimum absolute atomic E-state index is 0.135. The van der Waals surface area contributed by atoms with Gasteiger partial charge in [-0.05, 0) is 5.41 Å². The molecule has 0 bridgehead atoms. The highest BCUT2D eigenvalue weighted by molar-refractivity contribution is 6.18. The van der Waals surface area contributed by atoms with Crippen LogP contribution in [0.2, 0.25) is 0 Å². The summed E-state index contributed by atoms with van der Waals surface area (Å²) in [5.74, 6) is 0.763. The van der Waals surface area contributed by atoms with E-state index in [0.717, 1.165) is 0 Å². The molecule has 0 aliphatic rings. The molecule has 0 aliphatic heterocycles. The van der Waals surface area contributed by atoms with E-state index in [-0.39, 0.29) is 17.9 Å². The van der Waals surface area contributed by atoms with Gasteiger partial charge in [0.05, 0.1) is 0 Å². The van der Waals surface area contributed by atoms with Crippen LogP contribution in [-0.2, 0) is 0 Å². The van der Waals surface area contributed by atoms with Crippen molar-refractivity contribution in [3.05, 3.63) is 0 Å². The van der Waals surface area contributed by atoms with E-state index in [9.17, 15) is 0 Å². The molecule has 0 heterocycles. The van der Waals surface area contributed by atoms with Crippen LogP contribution in [0, 0.1) is 11.3 Å². The Kier molecular flexibility index (Phi) is 3.52. The first kappa shape index (κ1) is 9.25. The number of halogens is 1. The minimum atomic E-state index is 0.135. The highest BCUT2D eigenvalue weighted by Crippen LogP contribution is 2.25. The highest BCUT2D eigenvalue weighted by atomic mass is 35.5. The average molecular weight is 151 g/mol. The zero-order valence-corrected chi connectivity index (χ0v) is 7.07. The van der Waals surface area contributed by atoms with E-state index in [0.29, 0.717) is 5.88 Å². The molecular formula is C7H15ClO. The van der Waals surface area contributed by atoms with Gasteiger partial charge in [-0.1, -0.05) is 20.8 Å². The maximum atomic E-state index is 8.78. The number of aliphatic hydroxyl groups is 1. The number of alkyl halides is 1. The Morgan fingerprint density at radius 1 is 1.44 bits per heavy atom. The summed E-state index contributed by atoms with van der Waals surface area (Å²) in [4.78, 5) is 0. The first-order valence-electron chi connectivity index (χ1n) is 3.19. The van der Waals surface area contributed by atoms with Crippen LogP contribution < -0.4 is 0 Å². The summed E-state index contributed by atoms with van der Waals surface area (Å²) in [5, 5.41) is 8.78. The first-order chi connectivity index (χ1) is 4.02. The van der Waals surface area contributed by atoms with Crippen molar-refractivity contribution in [2.24, 2.45) is 11.3 Å². The van der Waals surface area contributed by atoms with E-state index in [2.05, 4.69) is 20.8 Å². The van der Waals surface area contributed by atoms with Gasteiger partial charge in [0.1, 0.15) is 0 Å². The molecule has 0 saturated carbocycles. The zero-order valence-electron chi connectivity index (χ0n) is 6.32. The predicted molar refractivity (Wildman–Crippen MR) is 40.8 cm³/mol. The molecule has 0 spiro atoms. The number of rotatable bonds is 2. The van der Waals surface area contributed by atoms with Crippen LogP contribution in [0.5, 0.6) is 0 Å². The number of hydrogen-bond acceptors (Lipinski definition) is 1. The van der Waals surface area contributed by atoms with E-state index in [4.69, 9.17) is 16.7 Å². The Bertz CT molecular complexity index is 71.5. The van der Waals surface area contributed by atoms with Crippen LogP contribution in [0.4, 0.5) is 0 Å². The molecule has 0 rings (SSSR count). The van der Waals surface area contributed by atoms with E-state index < -0.39 is 0 Å². The molecule has 0 aromatic heterocycles. The van der Waals surface area contributed by atoms with Crippen LogP contribution in [0.25, 0.3) is 0 Å². The van der Waals surface area contributed by atoms with Crippen molar-refractivity contribution in [1.82, 2.24) is 0 Å². The molecule has 9 heavy (non-hydrogen) atoms. The third-order valence-electron chi connectivity index (χ3n) is 1.63. The molecule has 0 amide bonds. The van der Waals surface area contributed by atoms with Crippen molar-refractivity contribution in [3.63, 3.8) is 0 Å². The summed E-state index contributed by atoms with van der Waals surface area (Å²) in [6.45, 7) is 6.43. The molecule has 0 aromatic rings. The van der Waals surface area contributed by atoms with Gasteiger partial charge in [0, 0.05) is 18.4 Å². The summed E-state index contributed by atoms with van der Waals surface area (Å²) >= 11 is 5.59. The second-order valence-corrected chi connectivity index (χ2v) is 3.71. The first-order valence-corrected chi connectivity index (χ1v) is 3.72. The van der Waals surface area contributed by atoms with E-state index in [1.165, 1.54) is 0 Å². The lowest BCUT2D eigenvalue weighted by molar-refractivity contribution is 0.148. The van der Waals surface area contributed by atoms with E-state index in [1.54, 1.807) is 0 Å². The fraction of sp³-hybridized carbons (Fsp3) is 1.00. The standard InChI is InChI=1S/C7H15ClO/c1-7(2,3)6(4-8)5-9/h6,9H,4-5H2,1-3H3. The molecular weight excluding hydrogens is 136 g/mol. The fourth-order valence-corrected chi connectivity index (χ4v) is 1.11. The molecule has 0 radical (unpaired) electrons. The molecule has 1 nitrogen and oxygen atoms in total. The summed E-state index contributed by atoms with van der Waals surface area (Å²) < 4.78 is 0. The lowest BCUT2D eigenvalue weighted by Gasteiger charge is -2.26. The number of aliphatic hydroxyl groups excluding tert-OH is 1. The molecule has 0 fully saturated rings. The van der Waals surface area contributed by atoms with Crippen molar-refractivity contribution in [1.29, 1.82) is 0 Å². The van der Waals surface area contributed by atoms with Gasteiger partial charge in [0.25, 0.3) is 0 Å². The van der Waals surface area contributed by atoms with Crippen molar-refractivity contribution in [3.8, 4) is 0 Å². The van der Waals surface area contributed by atoms with Crippen molar-refractivity contribution in [2.45, 2.75) is 20.8 Å². The van der Waals surface area contributed by atoms with Crippen molar-refractivity contribution < 1.29 is 5.11 Å². The van der Waals surface area contributed by atoms with Gasteiger partial charge in [0.2, 0.25) is 0 Å². The van der Waals surface area contributed by atoms with Crippen molar-refractivity contribution >= 4 is 11.6 Å². The second kappa shape index (κ2) is 3.43. The molecule has 56 valence electrons. The molecule has 1 unspecified atom stereocenters. The third-order valence-corrected chi connectivity index (χ3v) is 2.00. The van der Waals surface area contributed by atoms with Gasteiger partial charge in [-0.2, -0.15) is 0 Å². The molecule has 2 heteroatoms. The fourth-order valence-electron chi connectivity index (χ4n) is 0.554. The minimum Gasteiger partial charge on any atom is -0.396 e. The van der Waals surface area contributed by atoms with Crippen LogP contribution in [-0.4, -0.2) is 17.6 Å². The Labute approximate surface area is 62.0 Å². The maximum Gasteiger partial charge on any atom is 0.0475 e. The lowest BCUT2D eigenvalue weighted by Crippen LogP contribution is -2.25. The Balaban J connectivity index is 3.79. The Morgan fingerprint density at radius 2 is 1.89 bits per heavy atom. The second-order valence-electron chi connectivity index (χ2n) is 3.40. The van der Waals surface area contributed by atoms with Gasteiger partial charge in [0.15, 0.2) is 0 Å². The molecule has 1 N–H and O–H groups in total. The highest BCUT2D eigenvalue weighted by Gasteiger charge is 2.22. The maximum absolute atomic E-state index is 8.78. The third kappa shape index (κ3) is 3.07. The normalized spacial score (nSPS) is 15.7. The van der Waals surface area contributed by atoms with Crippen molar-refractivity contribution in [2.75, 3.05) is 12.5 Å². The summed E-state index contributed by atoms with van der Waals surface area (Å²) in [6, 6.07) is 0. The smallest absolute Gasteiger partial charge is 0.0475 e. The average Bonchev–Trinajstić information content (AvgIpc) is 1.65. The van der Waals surface area contributed by atoms with E-state index >= 15 is 0 Å². The summed E-state index contributed by atoms with van der Waals surface area (Å²) in [5.41, 5.74) is 0.135. The molecule has 0 aliphatic carbocycles. The van der Waals surface area contributed by atoms with Gasteiger partial charge >= 0.3 is 0 Å². The van der Waals surface area contributed by atoms with Gasteiger partial charge in [-0.3, -0.25) is 0 Å². The van der Waals surface area contributed by atoms with E-state index in [1.807, 2.05) is 0 Å². The molecule has 0 aromatic carbocycles. The quantitative estimate of drug-likeness (QED) is 0.596. The summed E-state index contributed by atoms with van der Waals surface area (Å²) in [6.07, 6.45) is 0. The predicted octanol–water partition coefficient (Wildman–Crippen LogP) is 1.88. The number of hydrogen-bond donors (Lipinski definition) is 1. The SMILES string of the molecule is CC(C)(C)C(CO)CCl. The molecule has 1 atom stereocenters. The van der Waals surface area contributed by atoms with Gasteiger partial charge < -0.3 is 5.11 Å².